The lowest BCUT2D eigenvalue weighted by Gasteiger charge is -2.03. The van der Waals surface area contributed by atoms with E-state index < -0.39 is 0 Å². The zero-order valence-corrected chi connectivity index (χ0v) is 12.0. The third kappa shape index (κ3) is 2.86. The molecule has 6 heteroatoms. The fourth-order valence-corrected chi connectivity index (χ4v) is 2.63. The topological polar surface area (TPSA) is 42.0 Å². The molecule has 0 aliphatic heterocycles. The molecule has 2 aromatic rings. The number of thiophene rings is 1. The van der Waals surface area contributed by atoms with E-state index in [1.165, 1.54) is 11.3 Å². The van der Waals surface area contributed by atoms with Crippen LogP contribution in [0.5, 0.6) is 0 Å². The molecule has 0 aliphatic rings. The summed E-state index contributed by atoms with van der Waals surface area (Å²) in [6, 6.07) is 3.53. The first kappa shape index (κ1) is 12.5. The van der Waals surface area contributed by atoms with Gasteiger partial charge in [0.25, 0.3) is 5.91 Å². The quantitative estimate of drug-likeness (QED) is 0.841. The SMILES string of the molecule is Cc1csc(C(=O)Nc2ccc(Br)nc2)c1Cl. The number of nitrogens with one attached hydrogen (secondary N) is 1. The number of pyridine rings is 1. The molecule has 3 nitrogen and oxygen atoms in total. The number of hydrogen-bond donors (Lipinski definition) is 1. The fraction of sp³-hybridized carbons (Fsp3) is 0.0909. The molecular weight excluding hydrogens is 324 g/mol. The van der Waals surface area contributed by atoms with Crippen LogP contribution in [0.25, 0.3) is 0 Å². The van der Waals surface area contributed by atoms with Crippen molar-refractivity contribution in [2.45, 2.75) is 6.92 Å². The van der Waals surface area contributed by atoms with Crippen LogP contribution in [0.3, 0.4) is 0 Å². The zero-order valence-electron chi connectivity index (χ0n) is 8.83. The van der Waals surface area contributed by atoms with Gasteiger partial charge in [-0.25, -0.2) is 4.98 Å². The lowest BCUT2D eigenvalue weighted by Crippen LogP contribution is -2.10. The molecule has 0 unspecified atom stereocenters. The van der Waals surface area contributed by atoms with Crippen molar-refractivity contribution in [3.05, 3.63) is 43.8 Å². The molecule has 1 N–H and O–H groups in total. The Bertz CT molecular complexity index is 553. The molecule has 0 atom stereocenters. The standard InChI is InChI=1S/C11H8BrClN2OS/c1-6-5-17-10(9(6)13)11(16)15-7-2-3-8(12)14-4-7/h2-5H,1H3,(H,15,16). The monoisotopic (exact) mass is 330 g/mol. The van der Waals surface area contributed by atoms with E-state index >= 15 is 0 Å². The number of aromatic nitrogens is 1. The fourth-order valence-electron chi connectivity index (χ4n) is 1.22. The Labute approximate surface area is 116 Å². The second kappa shape index (κ2) is 5.16. The number of carbonyl (C=O) groups excluding carboxylic acids is 1. The van der Waals surface area contributed by atoms with Crippen molar-refractivity contribution in [2.24, 2.45) is 0 Å². The third-order valence-corrected chi connectivity index (χ3v) is 4.26. The molecule has 0 bridgehead atoms. The van der Waals surface area contributed by atoms with Gasteiger partial charge in [0.05, 0.1) is 16.9 Å². The lowest BCUT2D eigenvalue weighted by molar-refractivity contribution is 0.103. The third-order valence-electron chi connectivity index (χ3n) is 2.09. The predicted octanol–water partition coefficient (Wildman–Crippen LogP) is 4.12. The summed E-state index contributed by atoms with van der Waals surface area (Å²) < 4.78 is 0.723. The normalized spacial score (nSPS) is 10.3. The highest BCUT2D eigenvalue weighted by molar-refractivity contribution is 9.10. The van der Waals surface area contributed by atoms with Crippen molar-refractivity contribution in [1.82, 2.24) is 4.98 Å². The largest absolute Gasteiger partial charge is 0.320 e. The van der Waals surface area contributed by atoms with Gasteiger partial charge in [-0.15, -0.1) is 11.3 Å². The Kier molecular flexibility index (Phi) is 3.81. The van der Waals surface area contributed by atoms with Crippen LogP contribution in [-0.2, 0) is 0 Å². The second-order valence-corrected chi connectivity index (χ2v) is 5.46. The van der Waals surface area contributed by atoms with Gasteiger partial charge in [-0.3, -0.25) is 4.79 Å². The van der Waals surface area contributed by atoms with Crippen LogP contribution >= 0.6 is 38.9 Å². The first-order valence-corrected chi connectivity index (χ1v) is 6.79. The maximum Gasteiger partial charge on any atom is 0.267 e. The van der Waals surface area contributed by atoms with Crippen LogP contribution in [0.15, 0.2) is 28.3 Å². The summed E-state index contributed by atoms with van der Waals surface area (Å²) in [6.45, 7) is 1.87. The molecule has 88 valence electrons. The molecule has 17 heavy (non-hydrogen) atoms. The molecule has 0 spiro atoms. The lowest BCUT2D eigenvalue weighted by atomic mass is 10.3. The number of anilines is 1. The van der Waals surface area contributed by atoms with Gasteiger partial charge in [0, 0.05) is 0 Å². The molecular formula is C11H8BrClN2OS. The molecule has 2 aromatic heterocycles. The number of hydrogen-bond acceptors (Lipinski definition) is 3. The van der Waals surface area contributed by atoms with E-state index in [0.29, 0.717) is 15.6 Å². The number of rotatable bonds is 2. The summed E-state index contributed by atoms with van der Waals surface area (Å²) in [5, 5.41) is 5.11. The van der Waals surface area contributed by atoms with Gasteiger partial charge in [0.1, 0.15) is 9.48 Å². The highest BCUT2D eigenvalue weighted by Crippen LogP contribution is 2.27. The maximum absolute atomic E-state index is 11.9. The van der Waals surface area contributed by atoms with E-state index in [9.17, 15) is 4.79 Å². The zero-order chi connectivity index (χ0) is 12.4. The molecule has 0 aromatic carbocycles. The van der Waals surface area contributed by atoms with Crippen molar-refractivity contribution in [3.63, 3.8) is 0 Å². The Morgan fingerprint density at radius 3 is 2.82 bits per heavy atom. The van der Waals surface area contributed by atoms with Crippen molar-refractivity contribution >= 4 is 50.5 Å². The minimum atomic E-state index is -0.211. The van der Waals surface area contributed by atoms with E-state index in [0.717, 1.165) is 10.2 Å². The molecule has 0 radical (unpaired) electrons. The predicted molar refractivity (Wildman–Crippen MR) is 74.0 cm³/mol. The number of carbonyl (C=O) groups is 1. The van der Waals surface area contributed by atoms with Crippen LogP contribution in [0.1, 0.15) is 15.2 Å². The van der Waals surface area contributed by atoms with Crippen LogP contribution in [0.2, 0.25) is 5.02 Å². The van der Waals surface area contributed by atoms with Crippen molar-refractivity contribution in [2.75, 3.05) is 5.32 Å². The Balaban J connectivity index is 2.17. The minimum absolute atomic E-state index is 0.211. The van der Waals surface area contributed by atoms with E-state index in [2.05, 4.69) is 26.2 Å². The van der Waals surface area contributed by atoms with Crippen LogP contribution in [0, 0.1) is 6.92 Å². The molecule has 0 aliphatic carbocycles. The van der Waals surface area contributed by atoms with Crippen molar-refractivity contribution in [3.8, 4) is 0 Å². The molecule has 2 rings (SSSR count). The Hall–Kier alpha value is -0.910. The average molecular weight is 332 g/mol. The van der Waals surface area contributed by atoms with Gasteiger partial charge in [-0.2, -0.15) is 0 Å². The first-order chi connectivity index (χ1) is 8.08. The van der Waals surface area contributed by atoms with Gasteiger partial charge in [0.2, 0.25) is 0 Å². The van der Waals surface area contributed by atoms with Gasteiger partial charge in [-0.1, -0.05) is 11.6 Å². The molecule has 0 saturated heterocycles. The van der Waals surface area contributed by atoms with Crippen molar-refractivity contribution < 1.29 is 4.79 Å². The molecule has 0 fully saturated rings. The second-order valence-electron chi connectivity index (χ2n) is 3.39. The van der Waals surface area contributed by atoms with Crippen molar-refractivity contribution in [1.29, 1.82) is 0 Å². The minimum Gasteiger partial charge on any atom is -0.320 e. The maximum atomic E-state index is 11.9. The van der Waals surface area contributed by atoms with Crippen LogP contribution in [-0.4, -0.2) is 10.9 Å². The summed E-state index contributed by atoms with van der Waals surface area (Å²) >= 11 is 10.6. The highest BCUT2D eigenvalue weighted by Gasteiger charge is 2.14. The number of halogens is 2. The van der Waals surface area contributed by atoms with Gasteiger partial charge in [0.15, 0.2) is 0 Å². The van der Waals surface area contributed by atoms with Gasteiger partial charge < -0.3 is 5.32 Å². The number of nitrogens with zero attached hydrogens (tertiary/aromatic N) is 1. The summed E-state index contributed by atoms with van der Waals surface area (Å²) in [7, 11) is 0. The van der Waals surface area contributed by atoms with E-state index in [1.54, 1.807) is 18.3 Å². The van der Waals surface area contributed by atoms with E-state index in [-0.39, 0.29) is 5.91 Å². The summed E-state index contributed by atoms with van der Waals surface area (Å²) in [5.74, 6) is -0.211. The Morgan fingerprint density at radius 2 is 2.29 bits per heavy atom. The summed E-state index contributed by atoms with van der Waals surface area (Å²) in [6.07, 6.45) is 1.58. The number of amides is 1. The van der Waals surface area contributed by atoms with E-state index in [4.69, 9.17) is 11.6 Å². The van der Waals surface area contributed by atoms with Gasteiger partial charge in [-0.05, 0) is 45.9 Å². The first-order valence-electron chi connectivity index (χ1n) is 4.74. The highest BCUT2D eigenvalue weighted by atomic mass is 79.9. The molecule has 1 amide bonds. The molecule has 0 saturated carbocycles. The summed E-state index contributed by atoms with van der Waals surface area (Å²) in [5.41, 5.74) is 1.55. The van der Waals surface area contributed by atoms with E-state index in [1.807, 2.05) is 12.3 Å². The molecule has 2 heterocycles. The smallest absolute Gasteiger partial charge is 0.267 e. The van der Waals surface area contributed by atoms with Gasteiger partial charge >= 0.3 is 0 Å². The average Bonchev–Trinajstić information content (AvgIpc) is 2.63. The van der Waals surface area contributed by atoms with Crippen LogP contribution < -0.4 is 5.32 Å². The Morgan fingerprint density at radius 1 is 1.53 bits per heavy atom. The summed E-state index contributed by atoms with van der Waals surface area (Å²) in [4.78, 5) is 16.5. The van der Waals surface area contributed by atoms with Crippen LogP contribution in [0.4, 0.5) is 5.69 Å². The number of aryl methyl sites for hydroxylation is 1.